The molecule has 1 aromatic heterocycles. The molecule has 20 heavy (non-hydrogen) atoms. The Labute approximate surface area is 129 Å². The van der Waals surface area contributed by atoms with Crippen LogP contribution in [0.1, 0.15) is 43.0 Å². The van der Waals surface area contributed by atoms with Gasteiger partial charge in [-0.05, 0) is 37.1 Å². The molecule has 0 saturated heterocycles. The van der Waals surface area contributed by atoms with Crippen molar-refractivity contribution < 1.29 is 0 Å². The number of hydrogen-bond acceptors (Lipinski definition) is 2. The van der Waals surface area contributed by atoms with E-state index in [1.54, 1.807) is 0 Å². The van der Waals surface area contributed by atoms with Crippen LogP contribution in [0, 0.1) is 6.92 Å². The fourth-order valence-electron chi connectivity index (χ4n) is 2.36. The molecule has 0 radical (unpaired) electrons. The van der Waals surface area contributed by atoms with Crippen LogP contribution in [-0.2, 0) is 6.54 Å². The largest absolute Gasteiger partial charge is 0.306 e. The molecule has 2 aromatic rings. The summed E-state index contributed by atoms with van der Waals surface area (Å²) >= 11 is 3.69. The van der Waals surface area contributed by atoms with Crippen molar-refractivity contribution in [2.45, 2.75) is 39.8 Å². The van der Waals surface area contributed by atoms with Gasteiger partial charge in [0.2, 0.25) is 0 Å². The van der Waals surface area contributed by atoms with Crippen molar-refractivity contribution in [2.24, 2.45) is 0 Å². The molecular weight excluding hydrogens is 314 g/mol. The quantitative estimate of drug-likeness (QED) is 0.862. The number of nitrogens with zero attached hydrogens (tertiary/aromatic N) is 2. The van der Waals surface area contributed by atoms with Gasteiger partial charge in [-0.15, -0.1) is 0 Å². The summed E-state index contributed by atoms with van der Waals surface area (Å²) < 4.78 is 3.16. The lowest BCUT2D eigenvalue weighted by molar-refractivity contribution is 0.597. The molecule has 0 spiro atoms. The fourth-order valence-corrected chi connectivity index (χ4v) is 3.08. The smallest absolute Gasteiger partial charge is 0.0618 e. The highest BCUT2D eigenvalue weighted by molar-refractivity contribution is 9.10. The highest BCUT2D eigenvalue weighted by Gasteiger charge is 2.17. The van der Waals surface area contributed by atoms with Gasteiger partial charge in [-0.3, -0.25) is 4.68 Å². The number of hydrogen-bond donors (Lipinski definition) is 1. The molecule has 0 bridgehead atoms. The fraction of sp³-hybridized carbons (Fsp3) is 0.438. The predicted molar refractivity (Wildman–Crippen MR) is 86.9 cm³/mol. The second-order valence-electron chi connectivity index (χ2n) is 5.05. The lowest BCUT2D eigenvalue weighted by Crippen LogP contribution is -2.22. The Kier molecular flexibility index (Phi) is 5.38. The topological polar surface area (TPSA) is 29.9 Å². The van der Waals surface area contributed by atoms with Gasteiger partial charge in [-0.1, -0.05) is 41.9 Å². The molecule has 108 valence electrons. The zero-order valence-corrected chi connectivity index (χ0v) is 13.9. The zero-order chi connectivity index (χ0) is 14.5. The van der Waals surface area contributed by atoms with E-state index in [9.17, 15) is 0 Å². The molecule has 4 heteroatoms. The molecule has 0 aliphatic carbocycles. The van der Waals surface area contributed by atoms with E-state index in [0.717, 1.165) is 24.0 Å². The van der Waals surface area contributed by atoms with Gasteiger partial charge < -0.3 is 5.32 Å². The number of benzene rings is 1. The SMILES string of the molecule is CCCn1cc(C(NCC)c2ccc(C)cc2Br)cn1. The summed E-state index contributed by atoms with van der Waals surface area (Å²) in [5.41, 5.74) is 3.73. The third-order valence-corrected chi connectivity index (χ3v) is 4.00. The number of aromatic nitrogens is 2. The first-order chi connectivity index (χ1) is 9.65. The average Bonchev–Trinajstić information content (AvgIpc) is 2.86. The zero-order valence-electron chi connectivity index (χ0n) is 12.4. The third kappa shape index (κ3) is 3.49. The van der Waals surface area contributed by atoms with Crippen molar-refractivity contribution in [3.63, 3.8) is 0 Å². The normalized spacial score (nSPS) is 12.6. The Morgan fingerprint density at radius 3 is 2.80 bits per heavy atom. The summed E-state index contributed by atoms with van der Waals surface area (Å²) in [6.07, 6.45) is 5.21. The first-order valence-electron chi connectivity index (χ1n) is 7.17. The van der Waals surface area contributed by atoms with Crippen LogP contribution in [-0.4, -0.2) is 16.3 Å². The molecule has 1 N–H and O–H groups in total. The number of halogens is 1. The molecule has 1 aromatic carbocycles. The molecule has 0 amide bonds. The summed E-state index contributed by atoms with van der Waals surface area (Å²) in [6.45, 7) is 8.29. The van der Waals surface area contributed by atoms with Crippen LogP contribution in [0.4, 0.5) is 0 Å². The van der Waals surface area contributed by atoms with E-state index in [4.69, 9.17) is 0 Å². The lowest BCUT2D eigenvalue weighted by atomic mass is 10.0. The van der Waals surface area contributed by atoms with Crippen LogP contribution < -0.4 is 5.32 Å². The standard InChI is InChI=1S/C16H22BrN3/c1-4-8-20-11-13(10-19-20)16(18-5-2)14-7-6-12(3)9-15(14)17/h6-7,9-11,16,18H,4-5,8H2,1-3H3. The summed E-state index contributed by atoms with van der Waals surface area (Å²) in [4.78, 5) is 0. The van der Waals surface area contributed by atoms with Gasteiger partial charge in [-0.2, -0.15) is 5.10 Å². The minimum atomic E-state index is 0.181. The summed E-state index contributed by atoms with van der Waals surface area (Å²) in [7, 11) is 0. The van der Waals surface area contributed by atoms with Crippen LogP contribution in [0.5, 0.6) is 0 Å². The van der Waals surface area contributed by atoms with Gasteiger partial charge >= 0.3 is 0 Å². The van der Waals surface area contributed by atoms with E-state index in [-0.39, 0.29) is 6.04 Å². The summed E-state index contributed by atoms with van der Waals surface area (Å²) in [5.74, 6) is 0. The Balaban J connectivity index is 2.34. The molecule has 1 unspecified atom stereocenters. The van der Waals surface area contributed by atoms with Crippen molar-refractivity contribution in [3.8, 4) is 0 Å². The molecule has 0 fully saturated rings. The molecule has 1 atom stereocenters. The van der Waals surface area contributed by atoms with E-state index >= 15 is 0 Å². The van der Waals surface area contributed by atoms with Gasteiger partial charge in [0, 0.05) is 22.8 Å². The van der Waals surface area contributed by atoms with Crippen molar-refractivity contribution in [2.75, 3.05) is 6.54 Å². The van der Waals surface area contributed by atoms with E-state index in [0.29, 0.717) is 0 Å². The Bertz CT molecular complexity index is 563. The molecule has 0 saturated carbocycles. The molecule has 1 heterocycles. The number of rotatable bonds is 6. The maximum Gasteiger partial charge on any atom is 0.0618 e. The summed E-state index contributed by atoms with van der Waals surface area (Å²) in [5, 5.41) is 7.99. The van der Waals surface area contributed by atoms with Crippen molar-refractivity contribution >= 4 is 15.9 Å². The van der Waals surface area contributed by atoms with Crippen LogP contribution in [0.25, 0.3) is 0 Å². The highest BCUT2D eigenvalue weighted by atomic mass is 79.9. The van der Waals surface area contributed by atoms with Gasteiger partial charge in [0.05, 0.1) is 12.2 Å². The predicted octanol–water partition coefficient (Wildman–Crippen LogP) is 4.06. The van der Waals surface area contributed by atoms with Crippen molar-refractivity contribution in [1.29, 1.82) is 0 Å². The van der Waals surface area contributed by atoms with Crippen LogP contribution in [0.15, 0.2) is 35.1 Å². The van der Waals surface area contributed by atoms with Crippen molar-refractivity contribution in [3.05, 3.63) is 51.8 Å². The second kappa shape index (κ2) is 7.04. The Morgan fingerprint density at radius 1 is 1.35 bits per heavy atom. The molecule has 0 aliphatic heterocycles. The van der Waals surface area contributed by atoms with Gasteiger partial charge in [0.15, 0.2) is 0 Å². The molecular formula is C16H22BrN3. The van der Waals surface area contributed by atoms with E-state index in [1.165, 1.54) is 16.7 Å². The molecule has 0 aliphatic rings. The number of aryl methyl sites for hydroxylation is 2. The van der Waals surface area contributed by atoms with E-state index < -0.39 is 0 Å². The maximum absolute atomic E-state index is 4.44. The lowest BCUT2D eigenvalue weighted by Gasteiger charge is -2.18. The average molecular weight is 336 g/mol. The Morgan fingerprint density at radius 2 is 2.15 bits per heavy atom. The minimum Gasteiger partial charge on any atom is -0.306 e. The monoisotopic (exact) mass is 335 g/mol. The highest BCUT2D eigenvalue weighted by Crippen LogP contribution is 2.29. The van der Waals surface area contributed by atoms with Gasteiger partial charge in [0.1, 0.15) is 0 Å². The third-order valence-electron chi connectivity index (χ3n) is 3.31. The maximum atomic E-state index is 4.44. The van der Waals surface area contributed by atoms with Gasteiger partial charge in [0.25, 0.3) is 0 Å². The first-order valence-corrected chi connectivity index (χ1v) is 7.96. The minimum absolute atomic E-state index is 0.181. The molecule has 2 rings (SSSR count). The molecule has 3 nitrogen and oxygen atoms in total. The van der Waals surface area contributed by atoms with Crippen LogP contribution in [0.3, 0.4) is 0 Å². The summed E-state index contributed by atoms with van der Waals surface area (Å²) in [6, 6.07) is 6.68. The first kappa shape index (κ1) is 15.3. The van der Waals surface area contributed by atoms with E-state index in [2.05, 4.69) is 71.5 Å². The van der Waals surface area contributed by atoms with Gasteiger partial charge in [-0.25, -0.2) is 0 Å². The van der Waals surface area contributed by atoms with E-state index in [1.807, 2.05) is 10.9 Å². The Hall–Kier alpha value is -1.13. The van der Waals surface area contributed by atoms with Crippen LogP contribution in [0.2, 0.25) is 0 Å². The second-order valence-corrected chi connectivity index (χ2v) is 5.91. The van der Waals surface area contributed by atoms with Crippen molar-refractivity contribution in [1.82, 2.24) is 15.1 Å². The number of nitrogens with one attached hydrogen (secondary N) is 1. The van der Waals surface area contributed by atoms with Crippen LogP contribution >= 0.6 is 15.9 Å².